The second-order valence-corrected chi connectivity index (χ2v) is 8.82. The molecule has 0 spiro atoms. The van der Waals surface area contributed by atoms with Gasteiger partial charge in [0, 0.05) is 31.7 Å². The minimum atomic E-state index is 0.0813. The zero-order valence-corrected chi connectivity index (χ0v) is 18.8. The summed E-state index contributed by atoms with van der Waals surface area (Å²) in [5.41, 5.74) is 2.06. The summed E-state index contributed by atoms with van der Waals surface area (Å²) in [5.74, 6) is 1.98. The van der Waals surface area contributed by atoms with E-state index in [1.165, 1.54) is 5.56 Å². The lowest BCUT2D eigenvalue weighted by Crippen LogP contribution is -2.35. The Kier molecular flexibility index (Phi) is 7.13. The first kappa shape index (κ1) is 21.7. The molecule has 1 unspecified atom stereocenters. The highest BCUT2D eigenvalue weighted by Crippen LogP contribution is 2.32. The fraction of sp³-hybridized carbons (Fsp3) is 0.500. The number of carbonyl (C=O) groups is 1. The van der Waals surface area contributed by atoms with Crippen molar-refractivity contribution in [2.24, 2.45) is 0 Å². The van der Waals surface area contributed by atoms with Crippen molar-refractivity contribution >= 4 is 5.91 Å². The van der Waals surface area contributed by atoms with E-state index < -0.39 is 0 Å². The molecular formula is C26H34N2O3. The van der Waals surface area contributed by atoms with E-state index in [1.54, 1.807) is 7.11 Å². The third kappa shape index (κ3) is 5.40. The summed E-state index contributed by atoms with van der Waals surface area (Å²) in [6.45, 7) is 3.68. The van der Waals surface area contributed by atoms with Crippen LogP contribution in [-0.2, 0) is 0 Å². The van der Waals surface area contributed by atoms with Crippen molar-refractivity contribution in [2.75, 3.05) is 40.3 Å². The number of ether oxygens (including phenoxy) is 2. The molecule has 5 heteroatoms. The number of hydrogen-bond acceptors (Lipinski definition) is 4. The molecule has 4 rings (SSSR count). The first-order valence-corrected chi connectivity index (χ1v) is 11.5. The summed E-state index contributed by atoms with van der Waals surface area (Å²) < 4.78 is 11.8. The molecule has 0 aromatic heterocycles. The monoisotopic (exact) mass is 422 g/mol. The number of piperidine rings is 1. The van der Waals surface area contributed by atoms with Gasteiger partial charge < -0.3 is 19.3 Å². The molecule has 2 fully saturated rings. The van der Waals surface area contributed by atoms with E-state index in [0.717, 1.165) is 64.0 Å². The van der Waals surface area contributed by atoms with E-state index in [4.69, 9.17) is 9.47 Å². The molecule has 1 atom stereocenters. The zero-order valence-electron chi connectivity index (χ0n) is 18.8. The van der Waals surface area contributed by atoms with Crippen LogP contribution >= 0.6 is 0 Å². The smallest absolute Gasteiger partial charge is 0.253 e. The highest BCUT2D eigenvalue weighted by molar-refractivity contribution is 5.95. The number of hydrogen-bond donors (Lipinski definition) is 0. The quantitative estimate of drug-likeness (QED) is 0.707. The van der Waals surface area contributed by atoms with E-state index >= 15 is 0 Å². The van der Waals surface area contributed by atoms with Gasteiger partial charge in [0.2, 0.25) is 0 Å². The van der Waals surface area contributed by atoms with Crippen LogP contribution in [0, 0.1) is 0 Å². The molecule has 2 aromatic carbocycles. The second kappa shape index (κ2) is 10.2. The minimum absolute atomic E-state index is 0.0813. The predicted molar refractivity (Wildman–Crippen MR) is 123 cm³/mol. The number of nitrogens with zero attached hydrogens (tertiary/aromatic N) is 2. The molecule has 166 valence electrons. The Hall–Kier alpha value is -2.53. The Morgan fingerprint density at radius 2 is 1.68 bits per heavy atom. The molecule has 5 nitrogen and oxygen atoms in total. The molecule has 0 bridgehead atoms. The molecule has 2 aliphatic rings. The van der Waals surface area contributed by atoms with Crippen LogP contribution in [0.25, 0.3) is 0 Å². The normalized spacial score (nSPS) is 20.8. The van der Waals surface area contributed by atoms with Crippen LogP contribution in [0.15, 0.2) is 48.5 Å². The van der Waals surface area contributed by atoms with E-state index in [0.29, 0.717) is 17.2 Å². The maximum Gasteiger partial charge on any atom is 0.253 e. The number of rotatable bonds is 5. The van der Waals surface area contributed by atoms with Gasteiger partial charge in [-0.15, -0.1) is 0 Å². The molecule has 2 saturated heterocycles. The van der Waals surface area contributed by atoms with E-state index in [9.17, 15) is 4.79 Å². The maximum absolute atomic E-state index is 13.2. The molecule has 0 aliphatic carbocycles. The Bertz CT molecular complexity index is 862. The van der Waals surface area contributed by atoms with Crippen LogP contribution in [0.1, 0.15) is 53.9 Å². The SMILES string of the molecule is COc1cc(C(=O)N2CCCC(c3ccccc3)CC2)ccc1OC1CCN(C)CC1. The first-order chi connectivity index (χ1) is 15.1. The Labute approximate surface area is 185 Å². The fourth-order valence-corrected chi connectivity index (χ4v) is 4.72. The maximum atomic E-state index is 13.2. The van der Waals surface area contributed by atoms with Gasteiger partial charge in [-0.2, -0.15) is 0 Å². The summed E-state index contributed by atoms with van der Waals surface area (Å²) in [6.07, 6.45) is 5.38. The van der Waals surface area contributed by atoms with E-state index in [2.05, 4.69) is 42.3 Å². The van der Waals surface area contributed by atoms with Crippen molar-refractivity contribution in [3.63, 3.8) is 0 Å². The van der Waals surface area contributed by atoms with E-state index in [-0.39, 0.29) is 12.0 Å². The molecule has 2 aliphatic heterocycles. The van der Waals surface area contributed by atoms with Gasteiger partial charge in [-0.25, -0.2) is 0 Å². The van der Waals surface area contributed by atoms with Crippen LogP contribution < -0.4 is 9.47 Å². The topological polar surface area (TPSA) is 42.0 Å². The molecule has 0 N–H and O–H groups in total. The van der Waals surface area contributed by atoms with Crippen LogP contribution in [0.4, 0.5) is 0 Å². The van der Waals surface area contributed by atoms with Gasteiger partial charge in [0.25, 0.3) is 5.91 Å². The van der Waals surface area contributed by atoms with Gasteiger partial charge in [0.05, 0.1) is 7.11 Å². The van der Waals surface area contributed by atoms with Gasteiger partial charge in [-0.05, 0) is 68.8 Å². The second-order valence-electron chi connectivity index (χ2n) is 8.82. The molecular weight excluding hydrogens is 388 g/mol. The molecule has 1 amide bonds. The molecule has 0 radical (unpaired) electrons. The van der Waals surface area contributed by atoms with Crippen molar-refractivity contribution < 1.29 is 14.3 Å². The van der Waals surface area contributed by atoms with Crippen molar-refractivity contribution in [1.82, 2.24) is 9.80 Å². The van der Waals surface area contributed by atoms with Crippen molar-refractivity contribution in [3.05, 3.63) is 59.7 Å². The van der Waals surface area contributed by atoms with Crippen molar-refractivity contribution in [2.45, 2.75) is 44.1 Å². The van der Waals surface area contributed by atoms with Crippen LogP contribution in [0.2, 0.25) is 0 Å². The summed E-state index contributed by atoms with van der Waals surface area (Å²) in [5, 5.41) is 0. The van der Waals surface area contributed by atoms with Gasteiger partial charge in [0.15, 0.2) is 11.5 Å². The standard InChI is InChI=1S/C26H34N2O3/c1-27-16-13-23(14-17-27)31-24-11-10-22(19-25(24)30-2)26(29)28-15-6-9-21(12-18-28)20-7-4-3-5-8-20/h3-5,7-8,10-11,19,21,23H,6,9,12-18H2,1-2H3. The Balaban J connectivity index is 1.41. The van der Waals surface area contributed by atoms with Gasteiger partial charge in [0.1, 0.15) is 6.10 Å². The number of benzene rings is 2. The predicted octanol–water partition coefficient (Wildman–Crippen LogP) is 4.58. The summed E-state index contributed by atoms with van der Waals surface area (Å²) in [4.78, 5) is 17.5. The highest BCUT2D eigenvalue weighted by Gasteiger charge is 2.24. The summed E-state index contributed by atoms with van der Waals surface area (Å²) in [6, 6.07) is 16.3. The van der Waals surface area contributed by atoms with Gasteiger partial charge in [-0.3, -0.25) is 4.79 Å². The molecule has 2 heterocycles. The third-order valence-electron chi connectivity index (χ3n) is 6.66. The van der Waals surface area contributed by atoms with Crippen LogP contribution in [0.3, 0.4) is 0 Å². The lowest BCUT2D eigenvalue weighted by atomic mass is 9.92. The van der Waals surface area contributed by atoms with Crippen molar-refractivity contribution in [1.29, 1.82) is 0 Å². The zero-order chi connectivity index (χ0) is 21.6. The molecule has 31 heavy (non-hydrogen) atoms. The van der Waals surface area contributed by atoms with Gasteiger partial charge in [-0.1, -0.05) is 30.3 Å². The Morgan fingerprint density at radius 1 is 0.903 bits per heavy atom. The summed E-state index contributed by atoms with van der Waals surface area (Å²) >= 11 is 0. The summed E-state index contributed by atoms with van der Waals surface area (Å²) in [7, 11) is 3.78. The van der Waals surface area contributed by atoms with Gasteiger partial charge >= 0.3 is 0 Å². The number of methoxy groups -OCH3 is 1. The highest BCUT2D eigenvalue weighted by atomic mass is 16.5. The van der Waals surface area contributed by atoms with Crippen LogP contribution in [0.5, 0.6) is 11.5 Å². The number of carbonyl (C=O) groups excluding carboxylic acids is 1. The average Bonchev–Trinajstić information content (AvgIpc) is 3.07. The molecule has 2 aromatic rings. The van der Waals surface area contributed by atoms with Crippen molar-refractivity contribution in [3.8, 4) is 11.5 Å². The molecule has 0 saturated carbocycles. The largest absolute Gasteiger partial charge is 0.493 e. The average molecular weight is 423 g/mol. The van der Waals surface area contributed by atoms with E-state index in [1.807, 2.05) is 23.1 Å². The fourth-order valence-electron chi connectivity index (χ4n) is 4.72. The third-order valence-corrected chi connectivity index (χ3v) is 6.66. The Morgan fingerprint density at radius 3 is 2.42 bits per heavy atom. The van der Waals surface area contributed by atoms with Crippen LogP contribution in [-0.4, -0.2) is 62.1 Å². The number of amides is 1. The first-order valence-electron chi connectivity index (χ1n) is 11.5. The number of likely N-dealkylation sites (tertiary alicyclic amines) is 2. The minimum Gasteiger partial charge on any atom is -0.493 e. The lowest BCUT2D eigenvalue weighted by Gasteiger charge is -2.29. The lowest BCUT2D eigenvalue weighted by molar-refractivity contribution is 0.0760.